The Balaban J connectivity index is 2.67. The molecule has 0 aliphatic heterocycles. The Hall–Kier alpha value is -1.55. The van der Waals surface area contributed by atoms with Gasteiger partial charge in [-0.1, -0.05) is 13.8 Å². The summed E-state index contributed by atoms with van der Waals surface area (Å²) >= 11 is 0. The molecule has 0 saturated heterocycles. The summed E-state index contributed by atoms with van der Waals surface area (Å²) in [6, 6.07) is 5.71. The highest BCUT2D eigenvalue weighted by atomic mass is 16.4. The maximum atomic E-state index is 11.0. The minimum absolute atomic E-state index is 0.329. The van der Waals surface area contributed by atoms with Gasteiger partial charge in [-0.2, -0.15) is 0 Å². The van der Waals surface area contributed by atoms with Crippen LogP contribution in [-0.4, -0.2) is 41.7 Å². The summed E-state index contributed by atoms with van der Waals surface area (Å²) < 4.78 is 0. The first kappa shape index (κ1) is 15.5. The van der Waals surface area contributed by atoms with Gasteiger partial charge in [0.15, 0.2) is 0 Å². The molecule has 0 aliphatic rings. The molecule has 2 N–H and O–H groups in total. The van der Waals surface area contributed by atoms with Crippen LogP contribution in [0.5, 0.6) is 0 Å². The minimum Gasteiger partial charge on any atom is -0.478 e. The molecule has 1 unspecified atom stereocenters. The topological polar surface area (TPSA) is 52.6 Å². The van der Waals surface area contributed by atoms with Crippen LogP contribution < -0.4 is 5.32 Å². The highest BCUT2D eigenvalue weighted by Crippen LogP contribution is 2.16. The highest BCUT2D eigenvalue weighted by Gasteiger charge is 2.10. The molecule has 19 heavy (non-hydrogen) atoms. The second-order valence-electron chi connectivity index (χ2n) is 4.87. The number of aryl methyl sites for hydroxylation is 1. The molecule has 0 aromatic heterocycles. The molecule has 4 heteroatoms. The average Bonchev–Trinajstić information content (AvgIpc) is 2.35. The number of anilines is 1. The highest BCUT2D eigenvalue weighted by molar-refractivity contribution is 5.89. The lowest BCUT2D eigenvalue weighted by atomic mass is 10.1. The van der Waals surface area contributed by atoms with E-state index >= 15 is 0 Å². The zero-order valence-electron chi connectivity index (χ0n) is 12.2. The lowest BCUT2D eigenvalue weighted by Gasteiger charge is -2.24. The van der Waals surface area contributed by atoms with Gasteiger partial charge in [0.1, 0.15) is 0 Å². The smallest absolute Gasteiger partial charge is 0.335 e. The average molecular weight is 264 g/mol. The lowest BCUT2D eigenvalue weighted by molar-refractivity contribution is 0.0696. The molecule has 0 amide bonds. The van der Waals surface area contributed by atoms with Gasteiger partial charge in [0.05, 0.1) is 5.56 Å². The van der Waals surface area contributed by atoms with Crippen molar-refractivity contribution in [3.05, 3.63) is 29.3 Å². The van der Waals surface area contributed by atoms with Crippen molar-refractivity contribution in [2.45, 2.75) is 33.7 Å². The van der Waals surface area contributed by atoms with Gasteiger partial charge in [-0.15, -0.1) is 0 Å². The zero-order chi connectivity index (χ0) is 14.4. The molecule has 0 bridgehead atoms. The van der Waals surface area contributed by atoms with Crippen LogP contribution in [0, 0.1) is 6.92 Å². The molecule has 1 aromatic carbocycles. The van der Waals surface area contributed by atoms with Crippen molar-refractivity contribution in [2.75, 3.05) is 25.0 Å². The molecule has 0 heterocycles. The van der Waals surface area contributed by atoms with E-state index < -0.39 is 5.97 Å². The van der Waals surface area contributed by atoms with Gasteiger partial charge >= 0.3 is 5.97 Å². The van der Waals surface area contributed by atoms with Crippen LogP contribution in [0.4, 0.5) is 5.69 Å². The van der Waals surface area contributed by atoms with Crippen LogP contribution in [0.1, 0.15) is 36.7 Å². The van der Waals surface area contributed by atoms with E-state index in [-0.39, 0.29) is 0 Å². The Labute approximate surface area is 115 Å². The Bertz CT molecular complexity index is 428. The van der Waals surface area contributed by atoms with Crippen molar-refractivity contribution >= 4 is 11.7 Å². The van der Waals surface area contributed by atoms with Crippen molar-refractivity contribution in [1.29, 1.82) is 0 Å². The molecule has 0 saturated carbocycles. The number of hydrogen-bond acceptors (Lipinski definition) is 3. The largest absolute Gasteiger partial charge is 0.478 e. The van der Waals surface area contributed by atoms with Crippen molar-refractivity contribution < 1.29 is 9.90 Å². The summed E-state index contributed by atoms with van der Waals surface area (Å²) in [5.74, 6) is -0.875. The van der Waals surface area contributed by atoms with Gasteiger partial charge in [0.25, 0.3) is 0 Å². The van der Waals surface area contributed by atoms with Gasteiger partial charge in [-0.05, 0) is 50.7 Å². The predicted molar refractivity (Wildman–Crippen MR) is 79.0 cm³/mol. The number of benzene rings is 1. The van der Waals surface area contributed by atoms with Gasteiger partial charge < -0.3 is 15.3 Å². The van der Waals surface area contributed by atoms with Gasteiger partial charge in [0.2, 0.25) is 0 Å². The Morgan fingerprint density at radius 2 is 2.00 bits per heavy atom. The van der Waals surface area contributed by atoms with E-state index in [1.165, 1.54) is 0 Å². The van der Waals surface area contributed by atoms with E-state index in [1.54, 1.807) is 6.07 Å². The van der Waals surface area contributed by atoms with E-state index in [0.717, 1.165) is 30.9 Å². The maximum Gasteiger partial charge on any atom is 0.335 e. The molecule has 0 aliphatic carbocycles. The third-order valence-electron chi connectivity index (χ3n) is 3.30. The van der Waals surface area contributed by atoms with Crippen LogP contribution in [0.2, 0.25) is 0 Å². The maximum absolute atomic E-state index is 11.0. The van der Waals surface area contributed by atoms with Gasteiger partial charge in [-0.25, -0.2) is 4.79 Å². The van der Waals surface area contributed by atoms with E-state index in [4.69, 9.17) is 5.11 Å². The summed E-state index contributed by atoms with van der Waals surface area (Å²) in [7, 11) is 0. The summed E-state index contributed by atoms with van der Waals surface area (Å²) in [6.45, 7) is 11.3. The van der Waals surface area contributed by atoms with Crippen molar-refractivity contribution in [3.8, 4) is 0 Å². The van der Waals surface area contributed by atoms with Crippen molar-refractivity contribution in [2.24, 2.45) is 0 Å². The number of likely N-dealkylation sites (N-methyl/N-ethyl adjacent to an activating group) is 1. The van der Waals surface area contributed by atoms with Crippen LogP contribution in [0.25, 0.3) is 0 Å². The predicted octanol–water partition coefficient (Wildman–Crippen LogP) is 2.84. The third kappa shape index (κ3) is 4.56. The molecule has 1 rings (SSSR count). The molecular weight excluding hydrogens is 240 g/mol. The van der Waals surface area contributed by atoms with E-state index in [0.29, 0.717) is 11.6 Å². The first-order valence-electron chi connectivity index (χ1n) is 6.80. The molecular formula is C15H24N2O2. The molecule has 1 atom stereocenters. The van der Waals surface area contributed by atoms with E-state index in [1.807, 2.05) is 19.1 Å². The Morgan fingerprint density at radius 1 is 1.37 bits per heavy atom. The van der Waals surface area contributed by atoms with E-state index in [9.17, 15) is 4.79 Å². The fourth-order valence-electron chi connectivity index (χ4n) is 2.19. The molecule has 1 aromatic rings. The van der Waals surface area contributed by atoms with Crippen LogP contribution in [0.3, 0.4) is 0 Å². The Kier molecular flexibility index (Phi) is 5.83. The minimum atomic E-state index is -0.875. The number of carbonyl (C=O) groups is 1. The van der Waals surface area contributed by atoms with Crippen LogP contribution >= 0.6 is 0 Å². The normalized spacial score (nSPS) is 12.5. The Morgan fingerprint density at radius 3 is 2.47 bits per heavy atom. The number of carboxylic acids is 1. The van der Waals surface area contributed by atoms with Crippen LogP contribution in [-0.2, 0) is 0 Å². The monoisotopic (exact) mass is 264 g/mol. The summed E-state index contributed by atoms with van der Waals surface area (Å²) in [6.07, 6.45) is 0. The van der Waals surface area contributed by atoms with Crippen molar-refractivity contribution in [3.63, 3.8) is 0 Å². The first-order valence-corrected chi connectivity index (χ1v) is 6.80. The standard InChI is InChI=1S/C15H24N2O2/c1-5-17(6-2)10-12(4)16-13-7-8-14(15(18)19)11(3)9-13/h7-9,12,16H,5-6,10H2,1-4H3,(H,18,19). The fourth-order valence-corrected chi connectivity index (χ4v) is 2.19. The summed E-state index contributed by atoms with van der Waals surface area (Å²) in [4.78, 5) is 13.3. The number of nitrogens with one attached hydrogen (secondary N) is 1. The molecule has 4 nitrogen and oxygen atoms in total. The van der Waals surface area contributed by atoms with Gasteiger partial charge in [0, 0.05) is 18.3 Å². The quantitative estimate of drug-likeness (QED) is 0.795. The fraction of sp³-hybridized carbons (Fsp3) is 0.533. The van der Waals surface area contributed by atoms with Crippen molar-refractivity contribution in [1.82, 2.24) is 4.90 Å². The first-order chi connectivity index (χ1) is 8.97. The van der Waals surface area contributed by atoms with Crippen LogP contribution in [0.15, 0.2) is 18.2 Å². The molecule has 106 valence electrons. The second-order valence-corrected chi connectivity index (χ2v) is 4.87. The summed E-state index contributed by atoms with van der Waals surface area (Å²) in [5.41, 5.74) is 2.12. The number of carboxylic acid groups (broad SMARTS) is 1. The molecule has 0 fully saturated rings. The lowest BCUT2D eigenvalue weighted by Crippen LogP contribution is -2.34. The van der Waals surface area contributed by atoms with E-state index in [2.05, 4.69) is 31.0 Å². The number of nitrogens with zero attached hydrogens (tertiary/aromatic N) is 1. The SMILES string of the molecule is CCN(CC)CC(C)Nc1ccc(C(=O)O)c(C)c1. The second kappa shape index (κ2) is 7.14. The third-order valence-corrected chi connectivity index (χ3v) is 3.30. The van der Waals surface area contributed by atoms with Gasteiger partial charge in [-0.3, -0.25) is 0 Å². The summed E-state index contributed by atoms with van der Waals surface area (Å²) in [5, 5.41) is 12.4. The molecule has 0 spiro atoms. The number of hydrogen-bond donors (Lipinski definition) is 2. The molecule has 0 radical (unpaired) electrons. The zero-order valence-corrected chi connectivity index (χ0v) is 12.2. The number of aromatic carboxylic acids is 1. The number of rotatable bonds is 7.